The molecule has 0 amide bonds. The number of aromatic nitrogens is 1. The fourth-order valence-electron chi connectivity index (χ4n) is 2.19. The fraction of sp³-hybridized carbons (Fsp3) is 0.417. The zero-order valence-corrected chi connectivity index (χ0v) is 9.91. The highest BCUT2D eigenvalue weighted by Gasteiger charge is 2.19. The first-order valence-corrected chi connectivity index (χ1v) is 6.45. The minimum Gasteiger partial charge on any atom is -0.326 e. The Labute approximate surface area is 98.9 Å². The molecule has 2 aromatic rings. The minimum absolute atomic E-state index is 0.356. The monoisotopic (exact) mass is 233 g/mol. The van der Waals surface area contributed by atoms with E-state index >= 15 is 0 Å². The first kappa shape index (κ1) is 10.2. The van der Waals surface area contributed by atoms with Gasteiger partial charge in [0.1, 0.15) is 5.01 Å². The highest BCUT2D eigenvalue weighted by molar-refractivity contribution is 7.18. The Morgan fingerprint density at radius 1 is 1.44 bits per heavy atom. The molecule has 1 aromatic heterocycles. The van der Waals surface area contributed by atoms with Crippen LogP contribution in [0, 0.1) is 0 Å². The number of hydrogen-bond donors (Lipinski definition) is 1. The van der Waals surface area contributed by atoms with Crippen LogP contribution in [-0.2, 0) is 6.54 Å². The van der Waals surface area contributed by atoms with Crippen LogP contribution in [0.4, 0.5) is 0 Å². The van der Waals surface area contributed by atoms with Crippen molar-refractivity contribution in [3.8, 4) is 0 Å². The molecular formula is C12H15N3S. The second kappa shape index (κ2) is 4.13. The van der Waals surface area contributed by atoms with Crippen LogP contribution in [0.2, 0.25) is 0 Å². The van der Waals surface area contributed by atoms with Crippen molar-refractivity contribution in [1.29, 1.82) is 0 Å². The highest BCUT2D eigenvalue weighted by atomic mass is 32.1. The van der Waals surface area contributed by atoms with E-state index in [2.05, 4.69) is 28.1 Å². The van der Waals surface area contributed by atoms with Gasteiger partial charge in [0, 0.05) is 19.1 Å². The molecule has 1 fully saturated rings. The maximum atomic E-state index is 5.90. The second-order valence-corrected chi connectivity index (χ2v) is 5.47. The van der Waals surface area contributed by atoms with E-state index in [0.29, 0.717) is 6.04 Å². The molecule has 1 saturated heterocycles. The van der Waals surface area contributed by atoms with Gasteiger partial charge < -0.3 is 5.73 Å². The lowest BCUT2D eigenvalue weighted by atomic mass is 10.3. The lowest BCUT2D eigenvalue weighted by molar-refractivity contribution is 0.326. The summed E-state index contributed by atoms with van der Waals surface area (Å²) in [6.45, 7) is 3.07. The van der Waals surface area contributed by atoms with Crippen LogP contribution in [0.5, 0.6) is 0 Å². The Balaban J connectivity index is 1.79. The van der Waals surface area contributed by atoms with Gasteiger partial charge >= 0.3 is 0 Å². The van der Waals surface area contributed by atoms with Crippen molar-refractivity contribution < 1.29 is 0 Å². The normalized spacial score (nSPS) is 21.9. The smallest absolute Gasteiger partial charge is 0.108 e. The summed E-state index contributed by atoms with van der Waals surface area (Å²) >= 11 is 1.79. The first-order chi connectivity index (χ1) is 7.81. The van der Waals surface area contributed by atoms with E-state index in [1.165, 1.54) is 9.71 Å². The van der Waals surface area contributed by atoms with Gasteiger partial charge in [0.15, 0.2) is 0 Å². The quantitative estimate of drug-likeness (QED) is 0.860. The van der Waals surface area contributed by atoms with Crippen molar-refractivity contribution >= 4 is 21.6 Å². The Bertz CT molecular complexity index is 461. The molecule has 0 aliphatic carbocycles. The van der Waals surface area contributed by atoms with Crippen molar-refractivity contribution in [1.82, 2.24) is 9.88 Å². The van der Waals surface area contributed by atoms with E-state index in [4.69, 9.17) is 5.73 Å². The number of fused-ring (bicyclic) bond motifs is 1. The van der Waals surface area contributed by atoms with Crippen LogP contribution in [0.25, 0.3) is 10.2 Å². The van der Waals surface area contributed by atoms with Crippen molar-refractivity contribution in [3.63, 3.8) is 0 Å². The number of hydrogen-bond acceptors (Lipinski definition) is 4. The molecule has 0 spiro atoms. The molecule has 84 valence electrons. The van der Waals surface area contributed by atoms with E-state index < -0.39 is 0 Å². The molecule has 2 N–H and O–H groups in total. The van der Waals surface area contributed by atoms with Crippen LogP contribution >= 0.6 is 11.3 Å². The molecular weight excluding hydrogens is 218 g/mol. The molecule has 0 bridgehead atoms. The Hall–Kier alpha value is -0.970. The summed E-state index contributed by atoms with van der Waals surface area (Å²) in [6, 6.07) is 8.67. The number of rotatable bonds is 2. The molecule has 1 unspecified atom stereocenters. The van der Waals surface area contributed by atoms with Crippen molar-refractivity contribution in [3.05, 3.63) is 29.3 Å². The molecule has 1 aliphatic heterocycles. The topological polar surface area (TPSA) is 42.1 Å². The van der Waals surface area contributed by atoms with Gasteiger partial charge in [0.05, 0.1) is 16.8 Å². The molecule has 1 atom stereocenters. The molecule has 4 heteroatoms. The van der Waals surface area contributed by atoms with Gasteiger partial charge in [-0.2, -0.15) is 0 Å². The van der Waals surface area contributed by atoms with E-state index in [1.807, 2.05) is 6.07 Å². The molecule has 0 saturated carbocycles. The van der Waals surface area contributed by atoms with Crippen molar-refractivity contribution in [2.24, 2.45) is 5.73 Å². The lowest BCUT2D eigenvalue weighted by Crippen LogP contribution is -2.26. The molecule has 3 rings (SSSR count). The van der Waals surface area contributed by atoms with Crippen LogP contribution in [0.1, 0.15) is 11.4 Å². The van der Waals surface area contributed by atoms with Gasteiger partial charge in [-0.25, -0.2) is 4.98 Å². The first-order valence-electron chi connectivity index (χ1n) is 5.63. The summed E-state index contributed by atoms with van der Waals surface area (Å²) < 4.78 is 1.28. The standard InChI is InChI=1S/C12H15N3S/c13-9-5-6-15(7-9)8-12-14-10-3-1-2-4-11(10)16-12/h1-4,9H,5-8,13H2. The molecule has 16 heavy (non-hydrogen) atoms. The number of thiazole rings is 1. The Morgan fingerprint density at radius 3 is 3.06 bits per heavy atom. The molecule has 1 aliphatic rings. The fourth-order valence-corrected chi connectivity index (χ4v) is 3.19. The van der Waals surface area contributed by atoms with E-state index in [1.54, 1.807) is 11.3 Å². The van der Waals surface area contributed by atoms with Gasteiger partial charge in [0.25, 0.3) is 0 Å². The highest BCUT2D eigenvalue weighted by Crippen LogP contribution is 2.23. The average molecular weight is 233 g/mol. The Morgan fingerprint density at radius 2 is 2.31 bits per heavy atom. The zero-order chi connectivity index (χ0) is 11.0. The summed E-state index contributed by atoms with van der Waals surface area (Å²) in [7, 11) is 0. The van der Waals surface area contributed by atoms with Gasteiger partial charge in [-0.3, -0.25) is 4.90 Å². The molecule has 2 heterocycles. The number of likely N-dealkylation sites (tertiary alicyclic amines) is 1. The third-order valence-electron chi connectivity index (χ3n) is 3.01. The summed E-state index contributed by atoms with van der Waals surface area (Å²) in [5.41, 5.74) is 7.01. The summed E-state index contributed by atoms with van der Waals surface area (Å²) in [4.78, 5) is 7.03. The SMILES string of the molecule is NC1CCN(Cc2nc3ccccc3s2)C1. The number of benzene rings is 1. The van der Waals surface area contributed by atoms with Gasteiger partial charge in [-0.05, 0) is 18.6 Å². The average Bonchev–Trinajstić information content (AvgIpc) is 2.84. The summed E-state index contributed by atoms with van der Waals surface area (Å²) in [5.74, 6) is 0. The van der Waals surface area contributed by atoms with Crippen LogP contribution in [0.3, 0.4) is 0 Å². The van der Waals surface area contributed by atoms with E-state index in [0.717, 1.165) is 31.6 Å². The maximum absolute atomic E-state index is 5.90. The third-order valence-corrected chi connectivity index (χ3v) is 4.03. The largest absolute Gasteiger partial charge is 0.326 e. The van der Waals surface area contributed by atoms with E-state index in [-0.39, 0.29) is 0 Å². The lowest BCUT2D eigenvalue weighted by Gasteiger charge is -2.12. The molecule has 0 radical (unpaired) electrons. The van der Waals surface area contributed by atoms with Crippen LogP contribution in [-0.4, -0.2) is 29.0 Å². The van der Waals surface area contributed by atoms with Crippen LogP contribution in [0.15, 0.2) is 24.3 Å². The summed E-state index contributed by atoms with van der Waals surface area (Å²) in [5, 5.41) is 1.20. The van der Waals surface area contributed by atoms with Gasteiger partial charge in [-0.15, -0.1) is 11.3 Å². The molecule has 1 aromatic carbocycles. The van der Waals surface area contributed by atoms with Gasteiger partial charge in [0.2, 0.25) is 0 Å². The van der Waals surface area contributed by atoms with E-state index in [9.17, 15) is 0 Å². The predicted octanol–water partition coefficient (Wildman–Crippen LogP) is 1.83. The second-order valence-electron chi connectivity index (χ2n) is 4.36. The minimum atomic E-state index is 0.356. The maximum Gasteiger partial charge on any atom is 0.108 e. The van der Waals surface area contributed by atoms with Crippen molar-refractivity contribution in [2.45, 2.75) is 19.0 Å². The van der Waals surface area contributed by atoms with Crippen molar-refractivity contribution in [2.75, 3.05) is 13.1 Å². The van der Waals surface area contributed by atoms with Gasteiger partial charge in [-0.1, -0.05) is 12.1 Å². The zero-order valence-electron chi connectivity index (χ0n) is 9.10. The summed E-state index contributed by atoms with van der Waals surface area (Å²) in [6.07, 6.45) is 1.12. The third kappa shape index (κ3) is 1.96. The predicted molar refractivity (Wildman–Crippen MR) is 67.5 cm³/mol. The Kier molecular flexibility index (Phi) is 2.63. The number of para-hydroxylation sites is 1. The number of nitrogens with zero attached hydrogens (tertiary/aromatic N) is 2. The molecule has 3 nitrogen and oxygen atoms in total. The van der Waals surface area contributed by atoms with Crippen LogP contribution < -0.4 is 5.73 Å². The number of nitrogens with two attached hydrogens (primary N) is 1.